The SMILES string of the molecule is CCC(COC)NS(=O)(=O)c1cc([N+](=O)[O-])c(Cl)cc1C. The lowest BCUT2D eigenvalue weighted by Gasteiger charge is -2.17. The highest BCUT2D eigenvalue weighted by atomic mass is 35.5. The van der Waals surface area contributed by atoms with Crippen LogP contribution >= 0.6 is 11.6 Å². The van der Waals surface area contributed by atoms with E-state index in [1.54, 1.807) is 0 Å². The lowest BCUT2D eigenvalue weighted by atomic mass is 10.2. The van der Waals surface area contributed by atoms with Crippen molar-refractivity contribution < 1.29 is 18.1 Å². The van der Waals surface area contributed by atoms with Crippen LogP contribution in [0, 0.1) is 17.0 Å². The number of nitrogens with one attached hydrogen (secondary N) is 1. The highest BCUT2D eigenvalue weighted by Gasteiger charge is 2.25. The number of nitro groups is 1. The molecule has 0 fully saturated rings. The van der Waals surface area contributed by atoms with Gasteiger partial charge in [0.25, 0.3) is 5.69 Å². The Hall–Kier alpha value is -1.22. The monoisotopic (exact) mass is 336 g/mol. The van der Waals surface area contributed by atoms with Crippen LogP contribution in [0.4, 0.5) is 5.69 Å². The van der Waals surface area contributed by atoms with Gasteiger partial charge in [-0.2, -0.15) is 0 Å². The third-order valence-electron chi connectivity index (χ3n) is 2.91. The van der Waals surface area contributed by atoms with E-state index in [2.05, 4.69) is 4.72 Å². The Morgan fingerprint density at radius 2 is 2.10 bits per heavy atom. The van der Waals surface area contributed by atoms with Gasteiger partial charge < -0.3 is 4.74 Å². The van der Waals surface area contributed by atoms with E-state index in [0.717, 1.165) is 6.07 Å². The van der Waals surface area contributed by atoms with E-state index in [1.165, 1.54) is 20.1 Å². The first-order valence-electron chi connectivity index (χ1n) is 6.18. The average molecular weight is 337 g/mol. The number of hydrogen-bond donors (Lipinski definition) is 1. The molecule has 1 aromatic carbocycles. The molecule has 0 saturated heterocycles. The van der Waals surface area contributed by atoms with Gasteiger partial charge in [-0.3, -0.25) is 10.1 Å². The number of nitrogens with zero attached hydrogens (tertiary/aromatic N) is 1. The highest BCUT2D eigenvalue weighted by Crippen LogP contribution is 2.30. The Labute approximate surface area is 128 Å². The van der Waals surface area contributed by atoms with Crippen LogP contribution in [0.15, 0.2) is 17.0 Å². The Morgan fingerprint density at radius 3 is 2.57 bits per heavy atom. The first kappa shape index (κ1) is 17.8. The summed E-state index contributed by atoms with van der Waals surface area (Å²) in [6.07, 6.45) is 0.530. The molecular formula is C12H17ClN2O5S. The maximum atomic E-state index is 12.4. The van der Waals surface area contributed by atoms with E-state index in [4.69, 9.17) is 16.3 Å². The van der Waals surface area contributed by atoms with Gasteiger partial charge in [-0.25, -0.2) is 13.1 Å². The van der Waals surface area contributed by atoms with E-state index in [-0.39, 0.29) is 16.5 Å². The molecule has 0 aromatic heterocycles. The number of sulfonamides is 1. The fourth-order valence-corrected chi connectivity index (χ4v) is 3.63. The molecule has 1 N–H and O–H groups in total. The number of benzene rings is 1. The van der Waals surface area contributed by atoms with E-state index >= 15 is 0 Å². The van der Waals surface area contributed by atoms with Crippen LogP contribution in [0.3, 0.4) is 0 Å². The van der Waals surface area contributed by atoms with E-state index in [0.29, 0.717) is 12.0 Å². The topological polar surface area (TPSA) is 98.5 Å². The number of hydrogen-bond acceptors (Lipinski definition) is 5. The zero-order valence-corrected chi connectivity index (χ0v) is 13.5. The summed E-state index contributed by atoms with van der Waals surface area (Å²) < 4.78 is 32.1. The molecule has 1 unspecified atom stereocenters. The lowest BCUT2D eigenvalue weighted by Crippen LogP contribution is -2.37. The molecule has 0 aliphatic heterocycles. The molecule has 0 spiro atoms. The van der Waals surface area contributed by atoms with Gasteiger partial charge in [0.1, 0.15) is 5.02 Å². The zero-order valence-electron chi connectivity index (χ0n) is 11.9. The quantitative estimate of drug-likeness (QED) is 0.608. The van der Waals surface area contributed by atoms with E-state index in [9.17, 15) is 18.5 Å². The van der Waals surface area contributed by atoms with E-state index < -0.39 is 26.7 Å². The van der Waals surface area contributed by atoms with Gasteiger partial charge in [0.15, 0.2) is 0 Å². The standard InChI is InChI=1S/C12H17ClN2O5S/c1-4-9(7-20-3)14-21(18,19)12-6-11(15(16)17)10(13)5-8(12)2/h5-6,9,14H,4,7H2,1-3H3. The van der Waals surface area contributed by atoms with Crippen molar-refractivity contribution in [2.45, 2.75) is 31.2 Å². The molecule has 0 aliphatic carbocycles. The second-order valence-electron chi connectivity index (χ2n) is 4.51. The van der Waals surface area contributed by atoms with Crippen molar-refractivity contribution in [2.75, 3.05) is 13.7 Å². The normalized spacial score (nSPS) is 13.1. The van der Waals surface area contributed by atoms with Crippen molar-refractivity contribution in [3.05, 3.63) is 32.8 Å². The summed E-state index contributed by atoms with van der Waals surface area (Å²) >= 11 is 5.75. The second kappa shape index (κ2) is 7.17. The largest absolute Gasteiger partial charge is 0.383 e. The van der Waals surface area contributed by atoms with Crippen LogP contribution in [-0.4, -0.2) is 33.1 Å². The molecule has 21 heavy (non-hydrogen) atoms. The molecule has 1 atom stereocenters. The summed E-state index contributed by atoms with van der Waals surface area (Å²) in [5.41, 5.74) is -0.104. The first-order valence-corrected chi connectivity index (χ1v) is 8.04. The molecular weight excluding hydrogens is 320 g/mol. The van der Waals surface area contributed by atoms with Gasteiger partial charge in [-0.15, -0.1) is 0 Å². The minimum Gasteiger partial charge on any atom is -0.383 e. The molecule has 0 radical (unpaired) electrons. The lowest BCUT2D eigenvalue weighted by molar-refractivity contribution is -0.384. The summed E-state index contributed by atoms with van der Waals surface area (Å²) in [5.74, 6) is 0. The van der Waals surface area contributed by atoms with Crippen molar-refractivity contribution in [3.63, 3.8) is 0 Å². The Kier molecular flexibility index (Phi) is 6.09. The van der Waals surface area contributed by atoms with Crippen LogP contribution in [0.5, 0.6) is 0 Å². The van der Waals surface area contributed by atoms with Gasteiger partial charge in [0.05, 0.1) is 16.4 Å². The number of halogens is 1. The number of aryl methyl sites for hydroxylation is 1. The van der Waals surface area contributed by atoms with Crippen molar-refractivity contribution in [2.24, 2.45) is 0 Å². The van der Waals surface area contributed by atoms with Gasteiger partial charge in [0, 0.05) is 19.2 Å². The molecule has 9 heteroatoms. The van der Waals surface area contributed by atoms with Gasteiger partial charge in [-0.05, 0) is 25.0 Å². The molecule has 0 bridgehead atoms. The fraction of sp³-hybridized carbons (Fsp3) is 0.500. The van der Waals surface area contributed by atoms with Gasteiger partial charge >= 0.3 is 0 Å². The summed E-state index contributed by atoms with van der Waals surface area (Å²) in [6, 6.07) is 1.83. The summed E-state index contributed by atoms with van der Waals surface area (Å²) in [4.78, 5) is 10.0. The average Bonchev–Trinajstić information content (AvgIpc) is 2.37. The molecule has 0 saturated carbocycles. The molecule has 1 aromatic rings. The maximum Gasteiger partial charge on any atom is 0.289 e. The predicted molar refractivity (Wildman–Crippen MR) is 79.1 cm³/mol. The fourth-order valence-electron chi connectivity index (χ4n) is 1.79. The number of ether oxygens (including phenoxy) is 1. The molecule has 1 rings (SSSR count). The predicted octanol–water partition coefficient (Wildman–Crippen LogP) is 2.26. The molecule has 0 aliphatic rings. The highest BCUT2D eigenvalue weighted by molar-refractivity contribution is 7.89. The second-order valence-corrected chi connectivity index (χ2v) is 6.60. The van der Waals surface area contributed by atoms with Crippen molar-refractivity contribution in [1.82, 2.24) is 4.72 Å². The maximum absolute atomic E-state index is 12.4. The van der Waals surface area contributed by atoms with Crippen LogP contribution in [0.1, 0.15) is 18.9 Å². The van der Waals surface area contributed by atoms with Crippen LogP contribution in [-0.2, 0) is 14.8 Å². The Morgan fingerprint density at radius 1 is 1.48 bits per heavy atom. The third-order valence-corrected chi connectivity index (χ3v) is 4.88. The Balaban J connectivity index is 3.25. The van der Waals surface area contributed by atoms with Crippen LogP contribution < -0.4 is 4.72 Å². The minimum atomic E-state index is -3.89. The van der Waals surface area contributed by atoms with Crippen molar-refractivity contribution >= 4 is 27.3 Å². The van der Waals surface area contributed by atoms with E-state index in [1.807, 2.05) is 6.92 Å². The van der Waals surface area contributed by atoms with Crippen LogP contribution in [0.25, 0.3) is 0 Å². The molecule has 0 amide bonds. The zero-order chi connectivity index (χ0) is 16.2. The number of nitro benzene ring substituents is 1. The summed E-state index contributed by atoms with van der Waals surface area (Å²) in [7, 11) is -2.42. The molecule has 118 valence electrons. The number of rotatable bonds is 7. The summed E-state index contributed by atoms with van der Waals surface area (Å²) in [5, 5.41) is 10.8. The third kappa shape index (κ3) is 4.37. The van der Waals surface area contributed by atoms with Crippen molar-refractivity contribution in [1.29, 1.82) is 0 Å². The smallest absolute Gasteiger partial charge is 0.289 e. The minimum absolute atomic E-state index is 0.0969. The molecule has 0 heterocycles. The first-order chi connectivity index (χ1) is 9.72. The van der Waals surface area contributed by atoms with Gasteiger partial charge in [-0.1, -0.05) is 18.5 Å². The number of methoxy groups -OCH3 is 1. The van der Waals surface area contributed by atoms with Gasteiger partial charge in [0.2, 0.25) is 10.0 Å². The van der Waals surface area contributed by atoms with Crippen LogP contribution in [0.2, 0.25) is 5.02 Å². The Bertz CT molecular complexity index is 633. The van der Waals surface area contributed by atoms with Crippen molar-refractivity contribution in [3.8, 4) is 0 Å². The summed E-state index contributed by atoms with van der Waals surface area (Å²) in [6.45, 7) is 3.55. The molecule has 7 nitrogen and oxygen atoms in total.